The number of carbonyl (C=O) groups excluding carboxylic acids is 1. The molecule has 1 amide bonds. The maximum Gasteiger partial charge on any atom is 0.214 e. The predicted octanol–water partition coefficient (Wildman–Crippen LogP) is 2.01. The summed E-state index contributed by atoms with van der Waals surface area (Å²) < 4.78 is 0. The molecule has 0 atom stereocenters. The standard InChI is InChI=1S/C10H21N.C2H5NO/c1-10(2)6-9-11-7-4-3-5-8-11;1-2(3)4/h10H,3-9H2,1-2H3;1H3,(H2,3,4). The maximum absolute atomic E-state index is 9.22. The van der Waals surface area contributed by atoms with Crippen LogP contribution in [0.3, 0.4) is 0 Å². The molecule has 1 aliphatic rings. The van der Waals surface area contributed by atoms with Crippen LogP contribution in [0.1, 0.15) is 46.5 Å². The van der Waals surface area contributed by atoms with E-state index in [9.17, 15) is 4.79 Å². The molecule has 1 heterocycles. The fraction of sp³-hybridized carbons (Fsp3) is 0.917. The number of carbonyl (C=O) groups is 1. The molecule has 90 valence electrons. The number of rotatable bonds is 3. The Bertz CT molecular complexity index is 159. The van der Waals surface area contributed by atoms with Gasteiger partial charge in [-0.15, -0.1) is 0 Å². The lowest BCUT2D eigenvalue weighted by Crippen LogP contribution is -2.31. The van der Waals surface area contributed by atoms with Gasteiger partial charge in [0.2, 0.25) is 5.91 Å². The number of hydrogen-bond acceptors (Lipinski definition) is 2. The van der Waals surface area contributed by atoms with Crippen molar-refractivity contribution in [3.05, 3.63) is 0 Å². The van der Waals surface area contributed by atoms with Crippen molar-refractivity contribution < 1.29 is 4.79 Å². The quantitative estimate of drug-likeness (QED) is 0.781. The van der Waals surface area contributed by atoms with Gasteiger partial charge in [0.05, 0.1) is 0 Å². The van der Waals surface area contributed by atoms with Gasteiger partial charge in [0, 0.05) is 6.92 Å². The molecule has 0 unspecified atom stereocenters. The van der Waals surface area contributed by atoms with Gasteiger partial charge in [-0.2, -0.15) is 0 Å². The van der Waals surface area contributed by atoms with Crippen LogP contribution in [-0.4, -0.2) is 30.4 Å². The smallest absolute Gasteiger partial charge is 0.214 e. The summed E-state index contributed by atoms with van der Waals surface area (Å²) in [6.45, 7) is 9.96. The molecule has 15 heavy (non-hydrogen) atoms. The van der Waals surface area contributed by atoms with Crippen LogP contribution in [-0.2, 0) is 4.79 Å². The van der Waals surface area contributed by atoms with Gasteiger partial charge in [-0.05, 0) is 44.8 Å². The number of piperidine rings is 1. The van der Waals surface area contributed by atoms with Crippen LogP contribution in [0.15, 0.2) is 0 Å². The number of primary amides is 1. The molecule has 1 saturated heterocycles. The first kappa shape index (κ1) is 14.4. The average Bonchev–Trinajstić information content (AvgIpc) is 2.15. The Hall–Kier alpha value is -0.570. The molecule has 0 aromatic carbocycles. The second-order valence-corrected chi connectivity index (χ2v) is 4.70. The lowest BCUT2D eigenvalue weighted by Gasteiger charge is -2.26. The lowest BCUT2D eigenvalue weighted by molar-refractivity contribution is -0.115. The van der Waals surface area contributed by atoms with E-state index in [0.717, 1.165) is 5.92 Å². The van der Waals surface area contributed by atoms with Crippen LogP contribution >= 0.6 is 0 Å². The third-order valence-corrected chi connectivity index (χ3v) is 2.47. The summed E-state index contributed by atoms with van der Waals surface area (Å²) in [6.07, 6.45) is 5.69. The molecule has 0 spiro atoms. The van der Waals surface area contributed by atoms with Crippen LogP contribution in [0, 0.1) is 5.92 Å². The van der Waals surface area contributed by atoms with Crippen LogP contribution in [0.4, 0.5) is 0 Å². The highest BCUT2D eigenvalue weighted by Gasteiger charge is 2.09. The van der Waals surface area contributed by atoms with E-state index in [0.29, 0.717) is 0 Å². The minimum Gasteiger partial charge on any atom is -0.370 e. The van der Waals surface area contributed by atoms with Crippen molar-refractivity contribution in [2.24, 2.45) is 11.7 Å². The van der Waals surface area contributed by atoms with Crippen LogP contribution in [0.5, 0.6) is 0 Å². The maximum atomic E-state index is 9.22. The molecule has 0 aromatic heterocycles. The van der Waals surface area contributed by atoms with E-state index in [4.69, 9.17) is 0 Å². The van der Waals surface area contributed by atoms with Crippen molar-refractivity contribution in [3.8, 4) is 0 Å². The number of likely N-dealkylation sites (tertiary alicyclic amines) is 1. The van der Waals surface area contributed by atoms with Gasteiger partial charge in [0.1, 0.15) is 0 Å². The van der Waals surface area contributed by atoms with Gasteiger partial charge in [-0.25, -0.2) is 0 Å². The van der Waals surface area contributed by atoms with Crippen LogP contribution < -0.4 is 5.73 Å². The molecule has 1 aliphatic heterocycles. The fourth-order valence-electron chi connectivity index (χ4n) is 1.62. The van der Waals surface area contributed by atoms with Gasteiger partial charge in [0.15, 0.2) is 0 Å². The first-order valence-electron chi connectivity index (χ1n) is 6.00. The third kappa shape index (κ3) is 11.4. The van der Waals surface area contributed by atoms with Crippen LogP contribution in [0.2, 0.25) is 0 Å². The van der Waals surface area contributed by atoms with E-state index < -0.39 is 0 Å². The van der Waals surface area contributed by atoms with E-state index >= 15 is 0 Å². The minimum absolute atomic E-state index is 0.333. The predicted molar refractivity (Wildman–Crippen MR) is 64.6 cm³/mol. The Labute approximate surface area is 94.0 Å². The molecular formula is C12H26N2O. The van der Waals surface area contributed by atoms with Gasteiger partial charge < -0.3 is 10.6 Å². The molecule has 0 saturated carbocycles. The molecule has 0 bridgehead atoms. The Balaban J connectivity index is 0.000000423. The summed E-state index contributed by atoms with van der Waals surface area (Å²) in [5.74, 6) is 0.539. The van der Waals surface area contributed by atoms with E-state index in [2.05, 4.69) is 24.5 Å². The Morgan fingerprint density at radius 3 is 2.13 bits per heavy atom. The first-order valence-corrected chi connectivity index (χ1v) is 6.00. The monoisotopic (exact) mass is 214 g/mol. The summed E-state index contributed by atoms with van der Waals surface area (Å²) in [4.78, 5) is 11.8. The zero-order chi connectivity index (χ0) is 11.7. The lowest BCUT2D eigenvalue weighted by atomic mass is 10.1. The SMILES string of the molecule is CC(C)CCN1CCCCC1.CC(N)=O. The minimum atomic E-state index is -0.333. The van der Waals surface area contributed by atoms with Crippen molar-refractivity contribution in [1.82, 2.24) is 4.90 Å². The van der Waals surface area contributed by atoms with Gasteiger partial charge in [-0.3, -0.25) is 4.79 Å². The highest BCUT2D eigenvalue weighted by Crippen LogP contribution is 2.10. The molecule has 1 rings (SSSR count). The summed E-state index contributed by atoms with van der Waals surface area (Å²) in [5.41, 5.74) is 4.47. The topological polar surface area (TPSA) is 46.3 Å². The average molecular weight is 214 g/mol. The van der Waals surface area contributed by atoms with E-state index in [1.807, 2.05) is 0 Å². The number of nitrogens with zero attached hydrogens (tertiary/aromatic N) is 1. The van der Waals surface area contributed by atoms with Gasteiger partial charge in [-0.1, -0.05) is 20.3 Å². The zero-order valence-electron chi connectivity index (χ0n) is 10.5. The number of nitrogens with two attached hydrogens (primary N) is 1. The van der Waals surface area contributed by atoms with Crippen molar-refractivity contribution in [2.45, 2.75) is 46.5 Å². The molecule has 0 aromatic rings. The molecular weight excluding hydrogens is 188 g/mol. The van der Waals surface area contributed by atoms with E-state index in [-0.39, 0.29) is 5.91 Å². The Morgan fingerprint density at radius 1 is 1.27 bits per heavy atom. The Kier molecular flexibility index (Phi) is 8.38. The van der Waals surface area contributed by atoms with E-state index in [1.54, 1.807) is 0 Å². The summed E-state index contributed by atoms with van der Waals surface area (Å²) in [6, 6.07) is 0. The van der Waals surface area contributed by atoms with Gasteiger partial charge in [0.25, 0.3) is 0 Å². The summed E-state index contributed by atoms with van der Waals surface area (Å²) >= 11 is 0. The summed E-state index contributed by atoms with van der Waals surface area (Å²) in [5, 5.41) is 0. The van der Waals surface area contributed by atoms with Crippen molar-refractivity contribution in [1.29, 1.82) is 0 Å². The highest BCUT2D eigenvalue weighted by molar-refractivity contribution is 5.70. The summed E-state index contributed by atoms with van der Waals surface area (Å²) in [7, 11) is 0. The molecule has 0 aliphatic carbocycles. The second kappa shape index (κ2) is 8.72. The number of amides is 1. The normalized spacial score (nSPS) is 17.1. The first-order chi connectivity index (χ1) is 7.02. The molecule has 2 N–H and O–H groups in total. The van der Waals surface area contributed by atoms with Gasteiger partial charge >= 0.3 is 0 Å². The molecule has 3 nitrogen and oxygen atoms in total. The van der Waals surface area contributed by atoms with Crippen molar-refractivity contribution in [3.63, 3.8) is 0 Å². The Morgan fingerprint density at radius 2 is 1.73 bits per heavy atom. The zero-order valence-corrected chi connectivity index (χ0v) is 10.5. The van der Waals surface area contributed by atoms with Crippen molar-refractivity contribution >= 4 is 5.91 Å². The van der Waals surface area contributed by atoms with E-state index in [1.165, 1.54) is 52.2 Å². The van der Waals surface area contributed by atoms with Crippen LogP contribution in [0.25, 0.3) is 0 Å². The molecule has 0 radical (unpaired) electrons. The molecule has 1 fully saturated rings. The third-order valence-electron chi connectivity index (χ3n) is 2.47. The molecule has 3 heteroatoms. The highest BCUT2D eigenvalue weighted by atomic mass is 16.1. The largest absolute Gasteiger partial charge is 0.370 e. The number of hydrogen-bond donors (Lipinski definition) is 1. The fourth-order valence-corrected chi connectivity index (χ4v) is 1.62. The second-order valence-electron chi connectivity index (χ2n) is 4.70. The van der Waals surface area contributed by atoms with Crippen molar-refractivity contribution in [2.75, 3.05) is 19.6 Å².